The van der Waals surface area contributed by atoms with E-state index in [1.807, 2.05) is 4.90 Å². The second-order valence-corrected chi connectivity index (χ2v) is 6.36. The molecule has 3 heterocycles. The average Bonchev–Trinajstić information content (AvgIpc) is 3.03. The van der Waals surface area contributed by atoms with Crippen molar-refractivity contribution in [1.29, 1.82) is 0 Å². The van der Waals surface area contributed by atoms with Crippen LogP contribution in [0.1, 0.15) is 48.2 Å². The SMILES string of the molecule is O=C(O)c1ccnc(CN2CCC[C@@H]2C(=O)N2CCCCC2)c1. The second-order valence-electron chi connectivity index (χ2n) is 6.36. The summed E-state index contributed by atoms with van der Waals surface area (Å²) in [5, 5.41) is 9.08. The molecule has 0 radical (unpaired) electrons. The lowest BCUT2D eigenvalue weighted by atomic mass is 10.1. The standard InChI is InChI=1S/C17H23N3O3/c21-16(19-8-2-1-3-9-19)15-5-4-10-20(15)12-14-11-13(17(22)23)6-7-18-14/h6-7,11,15H,1-5,8-10,12H2,(H,22,23)/t15-/m1/s1. The second kappa shape index (κ2) is 7.08. The average molecular weight is 317 g/mol. The van der Waals surface area contributed by atoms with Gasteiger partial charge in [-0.15, -0.1) is 0 Å². The third-order valence-corrected chi connectivity index (χ3v) is 4.75. The Labute approximate surface area is 136 Å². The minimum Gasteiger partial charge on any atom is -0.478 e. The summed E-state index contributed by atoms with van der Waals surface area (Å²) in [6, 6.07) is 3.01. The van der Waals surface area contributed by atoms with E-state index in [-0.39, 0.29) is 17.5 Å². The molecule has 3 rings (SSSR count). The minimum absolute atomic E-state index is 0.0802. The van der Waals surface area contributed by atoms with E-state index < -0.39 is 5.97 Å². The molecule has 23 heavy (non-hydrogen) atoms. The van der Waals surface area contributed by atoms with Crippen molar-refractivity contribution in [1.82, 2.24) is 14.8 Å². The highest BCUT2D eigenvalue weighted by molar-refractivity contribution is 5.87. The Kier molecular flexibility index (Phi) is 4.91. The Hall–Kier alpha value is -1.95. The van der Waals surface area contributed by atoms with Crippen LogP contribution in [0.5, 0.6) is 0 Å². The third kappa shape index (κ3) is 3.69. The number of carboxylic acid groups (broad SMARTS) is 1. The molecule has 2 aliphatic rings. The fraction of sp³-hybridized carbons (Fsp3) is 0.588. The molecule has 0 bridgehead atoms. The molecular formula is C17H23N3O3. The van der Waals surface area contributed by atoms with E-state index in [4.69, 9.17) is 5.11 Å². The summed E-state index contributed by atoms with van der Waals surface area (Å²) in [6.07, 6.45) is 6.82. The van der Waals surface area contributed by atoms with Gasteiger partial charge in [-0.3, -0.25) is 14.7 Å². The molecule has 2 aliphatic heterocycles. The van der Waals surface area contributed by atoms with Crippen LogP contribution in [0.4, 0.5) is 0 Å². The van der Waals surface area contributed by atoms with Crippen LogP contribution in [-0.2, 0) is 11.3 Å². The van der Waals surface area contributed by atoms with Gasteiger partial charge in [0.05, 0.1) is 17.3 Å². The Balaban J connectivity index is 1.68. The molecule has 0 spiro atoms. The molecule has 1 aromatic rings. The van der Waals surface area contributed by atoms with Crippen molar-refractivity contribution in [3.8, 4) is 0 Å². The number of carboxylic acids is 1. The number of amides is 1. The molecule has 0 saturated carbocycles. The zero-order chi connectivity index (χ0) is 16.2. The third-order valence-electron chi connectivity index (χ3n) is 4.75. The lowest BCUT2D eigenvalue weighted by molar-refractivity contribution is -0.137. The molecule has 124 valence electrons. The molecule has 0 aromatic carbocycles. The smallest absolute Gasteiger partial charge is 0.335 e. The fourth-order valence-electron chi connectivity index (χ4n) is 3.53. The van der Waals surface area contributed by atoms with Gasteiger partial charge < -0.3 is 10.0 Å². The molecular weight excluding hydrogens is 294 g/mol. The monoisotopic (exact) mass is 317 g/mol. The number of hydrogen-bond acceptors (Lipinski definition) is 4. The van der Waals surface area contributed by atoms with Crippen molar-refractivity contribution in [3.63, 3.8) is 0 Å². The Morgan fingerprint density at radius 1 is 1.17 bits per heavy atom. The predicted octanol–water partition coefficient (Wildman–Crippen LogP) is 1.76. The van der Waals surface area contributed by atoms with Crippen molar-refractivity contribution in [2.45, 2.75) is 44.7 Å². The topological polar surface area (TPSA) is 73.7 Å². The number of nitrogens with zero attached hydrogens (tertiary/aromatic N) is 3. The van der Waals surface area contributed by atoms with Gasteiger partial charge in [0.15, 0.2) is 0 Å². The van der Waals surface area contributed by atoms with E-state index in [1.165, 1.54) is 18.7 Å². The van der Waals surface area contributed by atoms with Gasteiger partial charge in [-0.05, 0) is 50.8 Å². The normalized spacial score (nSPS) is 22.3. The summed E-state index contributed by atoms with van der Waals surface area (Å²) < 4.78 is 0. The van der Waals surface area contributed by atoms with Gasteiger partial charge in [0.25, 0.3) is 0 Å². The molecule has 2 saturated heterocycles. The number of piperidine rings is 1. The highest BCUT2D eigenvalue weighted by Crippen LogP contribution is 2.23. The molecule has 2 fully saturated rings. The van der Waals surface area contributed by atoms with Crippen molar-refractivity contribution < 1.29 is 14.7 Å². The van der Waals surface area contributed by atoms with Crippen LogP contribution >= 0.6 is 0 Å². The summed E-state index contributed by atoms with van der Waals surface area (Å²) in [4.78, 5) is 32.2. The number of likely N-dealkylation sites (tertiary alicyclic amines) is 2. The lowest BCUT2D eigenvalue weighted by Crippen LogP contribution is -2.47. The van der Waals surface area contributed by atoms with Gasteiger partial charge in [0.2, 0.25) is 5.91 Å². The molecule has 1 N–H and O–H groups in total. The quantitative estimate of drug-likeness (QED) is 0.916. The minimum atomic E-state index is -0.948. The molecule has 6 heteroatoms. The molecule has 0 aliphatic carbocycles. The number of hydrogen-bond donors (Lipinski definition) is 1. The number of pyridine rings is 1. The van der Waals surface area contributed by atoms with Gasteiger partial charge in [0, 0.05) is 25.8 Å². The van der Waals surface area contributed by atoms with E-state index in [0.29, 0.717) is 12.2 Å². The first-order valence-electron chi connectivity index (χ1n) is 8.36. The van der Waals surface area contributed by atoms with Gasteiger partial charge in [-0.25, -0.2) is 4.79 Å². The first kappa shape index (κ1) is 15.9. The summed E-state index contributed by atoms with van der Waals surface area (Å²) in [5.41, 5.74) is 0.955. The zero-order valence-electron chi connectivity index (χ0n) is 13.3. The summed E-state index contributed by atoms with van der Waals surface area (Å²) in [7, 11) is 0. The van der Waals surface area contributed by atoms with E-state index >= 15 is 0 Å². The number of carbonyl (C=O) groups excluding carboxylic acids is 1. The number of carbonyl (C=O) groups is 2. The van der Waals surface area contributed by atoms with E-state index in [0.717, 1.165) is 45.3 Å². The number of aromatic nitrogens is 1. The van der Waals surface area contributed by atoms with Crippen molar-refractivity contribution in [2.75, 3.05) is 19.6 Å². The van der Waals surface area contributed by atoms with Crippen LogP contribution in [0.3, 0.4) is 0 Å². The van der Waals surface area contributed by atoms with Gasteiger partial charge in [-0.1, -0.05) is 0 Å². The summed E-state index contributed by atoms with van der Waals surface area (Å²) >= 11 is 0. The maximum absolute atomic E-state index is 12.7. The summed E-state index contributed by atoms with van der Waals surface area (Å²) in [6.45, 7) is 3.14. The van der Waals surface area contributed by atoms with Crippen LogP contribution in [-0.4, -0.2) is 57.4 Å². The van der Waals surface area contributed by atoms with Crippen LogP contribution in [0, 0.1) is 0 Å². The fourth-order valence-corrected chi connectivity index (χ4v) is 3.53. The number of aromatic carboxylic acids is 1. The van der Waals surface area contributed by atoms with E-state index in [2.05, 4.69) is 9.88 Å². The Bertz CT molecular complexity index is 584. The first-order valence-corrected chi connectivity index (χ1v) is 8.36. The molecule has 1 aromatic heterocycles. The van der Waals surface area contributed by atoms with Crippen LogP contribution in [0.15, 0.2) is 18.3 Å². The predicted molar refractivity (Wildman–Crippen MR) is 85.1 cm³/mol. The van der Waals surface area contributed by atoms with E-state index in [1.54, 1.807) is 6.07 Å². The van der Waals surface area contributed by atoms with Gasteiger partial charge in [0.1, 0.15) is 0 Å². The van der Waals surface area contributed by atoms with Crippen molar-refractivity contribution in [3.05, 3.63) is 29.6 Å². The number of rotatable bonds is 4. The molecule has 6 nitrogen and oxygen atoms in total. The van der Waals surface area contributed by atoms with E-state index in [9.17, 15) is 9.59 Å². The maximum Gasteiger partial charge on any atom is 0.335 e. The molecule has 0 unspecified atom stereocenters. The van der Waals surface area contributed by atoms with Crippen molar-refractivity contribution >= 4 is 11.9 Å². The Morgan fingerprint density at radius 2 is 1.96 bits per heavy atom. The highest BCUT2D eigenvalue weighted by Gasteiger charge is 2.34. The van der Waals surface area contributed by atoms with Crippen LogP contribution in [0.2, 0.25) is 0 Å². The largest absolute Gasteiger partial charge is 0.478 e. The zero-order valence-corrected chi connectivity index (χ0v) is 13.3. The molecule has 1 atom stereocenters. The highest BCUT2D eigenvalue weighted by atomic mass is 16.4. The lowest BCUT2D eigenvalue weighted by Gasteiger charge is -2.32. The van der Waals surface area contributed by atoms with Crippen LogP contribution < -0.4 is 0 Å². The van der Waals surface area contributed by atoms with Gasteiger partial charge >= 0.3 is 5.97 Å². The van der Waals surface area contributed by atoms with Crippen LogP contribution in [0.25, 0.3) is 0 Å². The first-order chi connectivity index (χ1) is 11.1. The maximum atomic E-state index is 12.7. The van der Waals surface area contributed by atoms with Crippen molar-refractivity contribution in [2.24, 2.45) is 0 Å². The molecule has 1 amide bonds. The van der Waals surface area contributed by atoms with Gasteiger partial charge in [-0.2, -0.15) is 0 Å². The Morgan fingerprint density at radius 3 is 2.70 bits per heavy atom. The summed E-state index contributed by atoms with van der Waals surface area (Å²) in [5.74, 6) is -0.715.